The Kier molecular flexibility index (Phi) is 6.50. The number of amides is 1. The molecule has 30 heavy (non-hydrogen) atoms. The summed E-state index contributed by atoms with van der Waals surface area (Å²) in [6, 6.07) is 17.3. The molecule has 1 heterocycles. The van der Waals surface area contributed by atoms with Gasteiger partial charge in [-0.15, -0.1) is 0 Å². The molecule has 1 atom stereocenters. The van der Waals surface area contributed by atoms with Crippen molar-refractivity contribution < 1.29 is 14.3 Å². The van der Waals surface area contributed by atoms with Gasteiger partial charge in [0.05, 0.1) is 18.2 Å². The van der Waals surface area contributed by atoms with E-state index in [4.69, 9.17) is 14.7 Å². The second-order valence-corrected chi connectivity index (χ2v) is 8.05. The van der Waals surface area contributed by atoms with Crippen LogP contribution < -0.4 is 15.0 Å². The number of carbonyl (C=O) groups excluding carboxylic acids is 1. The number of rotatable bonds is 8. The third-order valence-corrected chi connectivity index (χ3v) is 5.47. The molecule has 156 valence electrons. The second-order valence-electron chi connectivity index (χ2n) is 8.05. The Bertz CT molecular complexity index is 903. The lowest BCUT2D eigenvalue weighted by Crippen LogP contribution is -2.48. The normalized spacial score (nSPS) is 18.5. The van der Waals surface area contributed by atoms with Gasteiger partial charge in [-0.05, 0) is 68.0 Å². The number of ether oxygens (including phenoxy) is 2. The first-order valence-corrected chi connectivity index (χ1v) is 10.6. The monoisotopic (exact) mass is 405 g/mol. The lowest BCUT2D eigenvalue weighted by Gasteiger charge is -2.35. The van der Waals surface area contributed by atoms with Crippen LogP contribution in [0.1, 0.15) is 31.2 Å². The van der Waals surface area contributed by atoms with E-state index < -0.39 is 0 Å². The van der Waals surface area contributed by atoms with E-state index >= 15 is 0 Å². The number of nitrogens with zero attached hydrogens (tertiary/aromatic N) is 2. The van der Waals surface area contributed by atoms with Gasteiger partial charge in [0.25, 0.3) is 0 Å². The summed E-state index contributed by atoms with van der Waals surface area (Å²) in [5, 5.41) is 12.0. The minimum absolute atomic E-state index is 0.0274. The van der Waals surface area contributed by atoms with E-state index in [2.05, 4.69) is 22.4 Å². The fraction of sp³-hybridized carbons (Fsp3) is 0.417. The first-order chi connectivity index (χ1) is 14.7. The van der Waals surface area contributed by atoms with Crippen LogP contribution >= 0.6 is 0 Å². The Morgan fingerprint density at radius 3 is 2.73 bits per heavy atom. The highest BCUT2D eigenvalue weighted by Gasteiger charge is 2.24. The van der Waals surface area contributed by atoms with Gasteiger partial charge in [-0.3, -0.25) is 4.79 Å². The van der Waals surface area contributed by atoms with E-state index in [1.165, 1.54) is 12.8 Å². The lowest BCUT2D eigenvalue weighted by atomic mass is 10.0. The van der Waals surface area contributed by atoms with E-state index in [0.717, 1.165) is 37.4 Å². The minimum Gasteiger partial charge on any atom is -0.457 e. The fourth-order valence-electron chi connectivity index (χ4n) is 3.68. The van der Waals surface area contributed by atoms with Gasteiger partial charge in [-0.25, -0.2) is 0 Å². The van der Waals surface area contributed by atoms with Crippen LogP contribution in [0.2, 0.25) is 0 Å². The Morgan fingerprint density at radius 1 is 1.13 bits per heavy atom. The topological polar surface area (TPSA) is 74.6 Å². The van der Waals surface area contributed by atoms with Crippen molar-refractivity contribution in [2.24, 2.45) is 5.92 Å². The summed E-state index contributed by atoms with van der Waals surface area (Å²) >= 11 is 0. The molecule has 1 amide bonds. The fourth-order valence-corrected chi connectivity index (χ4v) is 3.68. The maximum absolute atomic E-state index is 12.2. The van der Waals surface area contributed by atoms with Gasteiger partial charge < -0.3 is 19.7 Å². The molecule has 2 aromatic carbocycles. The Hall–Kier alpha value is -3.04. The third kappa shape index (κ3) is 5.74. The van der Waals surface area contributed by atoms with Crippen molar-refractivity contribution in [1.82, 2.24) is 5.32 Å². The van der Waals surface area contributed by atoms with Crippen LogP contribution in [0.3, 0.4) is 0 Å². The number of nitrogens with one attached hydrogen (secondary N) is 1. The van der Waals surface area contributed by atoms with E-state index in [0.29, 0.717) is 23.8 Å². The number of hydrogen-bond donors (Lipinski definition) is 1. The highest BCUT2D eigenvalue weighted by molar-refractivity contribution is 5.77. The molecule has 4 rings (SSSR count). The van der Waals surface area contributed by atoms with Gasteiger partial charge in [0, 0.05) is 30.9 Å². The predicted molar refractivity (Wildman–Crippen MR) is 115 cm³/mol. The zero-order valence-corrected chi connectivity index (χ0v) is 17.0. The molecule has 0 aromatic heterocycles. The smallest absolute Gasteiger partial charge is 0.246 e. The number of carbonyl (C=O) groups is 1. The summed E-state index contributed by atoms with van der Waals surface area (Å²) in [7, 11) is 0. The van der Waals surface area contributed by atoms with Gasteiger partial charge in [0.1, 0.15) is 18.1 Å². The van der Waals surface area contributed by atoms with E-state index in [1.54, 1.807) is 24.3 Å². The first-order valence-electron chi connectivity index (χ1n) is 10.6. The van der Waals surface area contributed by atoms with Gasteiger partial charge >= 0.3 is 0 Å². The SMILES string of the molecule is N#Cc1ccc(Oc2cccc(N3CCC[C@H](NC(=O)COCC4CC4)C3)c2)cc1. The molecule has 1 aliphatic carbocycles. The Balaban J connectivity index is 1.31. The number of anilines is 1. The summed E-state index contributed by atoms with van der Waals surface area (Å²) in [5.74, 6) is 2.08. The van der Waals surface area contributed by atoms with Crippen molar-refractivity contribution in [3.8, 4) is 17.6 Å². The molecule has 6 heteroatoms. The zero-order valence-electron chi connectivity index (χ0n) is 17.0. The largest absolute Gasteiger partial charge is 0.457 e. The Morgan fingerprint density at radius 2 is 1.97 bits per heavy atom. The van der Waals surface area contributed by atoms with Crippen molar-refractivity contribution in [1.29, 1.82) is 5.26 Å². The van der Waals surface area contributed by atoms with Gasteiger partial charge in [-0.1, -0.05) is 6.07 Å². The van der Waals surface area contributed by atoms with Crippen molar-refractivity contribution in [3.63, 3.8) is 0 Å². The number of nitriles is 1. The van der Waals surface area contributed by atoms with Gasteiger partial charge in [0.15, 0.2) is 0 Å². The molecule has 0 radical (unpaired) electrons. The number of piperidine rings is 1. The molecule has 6 nitrogen and oxygen atoms in total. The standard InChI is InChI=1S/C24H27N3O3/c25-14-18-8-10-22(11-9-18)30-23-5-1-4-21(13-23)27-12-2-3-20(15-27)26-24(28)17-29-16-19-6-7-19/h1,4-5,8-11,13,19-20H,2-3,6-7,12,15-17H2,(H,26,28)/t20-/m0/s1. The van der Waals surface area contributed by atoms with Crippen LogP contribution in [0, 0.1) is 17.2 Å². The van der Waals surface area contributed by atoms with Crippen LogP contribution in [-0.4, -0.2) is 38.3 Å². The highest BCUT2D eigenvalue weighted by atomic mass is 16.5. The third-order valence-electron chi connectivity index (χ3n) is 5.47. The highest BCUT2D eigenvalue weighted by Crippen LogP contribution is 2.29. The minimum atomic E-state index is -0.0274. The molecule has 2 aliphatic rings. The molecular weight excluding hydrogens is 378 g/mol. The molecular formula is C24H27N3O3. The molecule has 2 aromatic rings. The number of benzene rings is 2. The maximum Gasteiger partial charge on any atom is 0.246 e. The molecule has 2 fully saturated rings. The zero-order chi connectivity index (χ0) is 20.8. The predicted octanol–water partition coefficient (Wildman–Crippen LogP) is 3.86. The van der Waals surface area contributed by atoms with E-state index in [9.17, 15) is 4.79 Å². The van der Waals surface area contributed by atoms with Gasteiger partial charge in [0.2, 0.25) is 5.91 Å². The maximum atomic E-state index is 12.2. The van der Waals surface area contributed by atoms with Crippen LogP contribution in [-0.2, 0) is 9.53 Å². The van der Waals surface area contributed by atoms with Gasteiger partial charge in [-0.2, -0.15) is 5.26 Å². The molecule has 1 saturated carbocycles. The van der Waals surface area contributed by atoms with Crippen molar-refractivity contribution in [2.75, 3.05) is 31.2 Å². The molecule has 1 aliphatic heterocycles. The van der Waals surface area contributed by atoms with Crippen LogP contribution in [0.4, 0.5) is 5.69 Å². The average Bonchev–Trinajstić information content (AvgIpc) is 3.59. The molecule has 1 N–H and O–H groups in total. The summed E-state index contributed by atoms with van der Waals surface area (Å²) in [6.45, 7) is 2.58. The summed E-state index contributed by atoms with van der Waals surface area (Å²) in [4.78, 5) is 14.4. The van der Waals surface area contributed by atoms with Crippen LogP contribution in [0.25, 0.3) is 0 Å². The van der Waals surface area contributed by atoms with Crippen molar-refractivity contribution >= 4 is 11.6 Å². The molecule has 0 spiro atoms. The molecule has 0 bridgehead atoms. The van der Waals surface area contributed by atoms with Crippen LogP contribution in [0.5, 0.6) is 11.5 Å². The number of hydrogen-bond acceptors (Lipinski definition) is 5. The van der Waals surface area contributed by atoms with Crippen molar-refractivity contribution in [2.45, 2.75) is 31.7 Å². The molecule has 0 unspecified atom stereocenters. The average molecular weight is 405 g/mol. The quantitative estimate of drug-likeness (QED) is 0.722. The lowest BCUT2D eigenvalue weighted by molar-refractivity contribution is -0.126. The summed E-state index contributed by atoms with van der Waals surface area (Å²) < 4.78 is 11.4. The second kappa shape index (κ2) is 9.64. The van der Waals surface area contributed by atoms with E-state index in [1.807, 2.05) is 18.2 Å². The van der Waals surface area contributed by atoms with Crippen molar-refractivity contribution in [3.05, 3.63) is 54.1 Å². The Labute approximate surface area is 177 Å². The van der Waals surface area contributed by atoms with E-state index in [-0.39, 0.29) is 18.6 Å². The summed E-state index contributed by atoms with van der Waals surface area (Å²) in [5.41, 5.74) is 1.68. The molecule has 1 saturated heterocycles. The van der Waals surface area contributed by atoms with Crippen LogP contribution in [0.15, 0.2) is 48.5 Å². The summed E-state index contributed by atoms with van der Waals surface area (Å²) in [6.07, 6.45) is 4.46. The first kappa shape index (κ1) is 20.2.